The van der Waals surface area contributed by atoms with Gasteiger partial charge in [-0.1, -0.05) is 6.92 Å². The maximum absolute atomic E-state index is 11.0. The first-order valence-corrected chi connectivity index (χ1v) is 6.13. The summed E-state index contributed by atoms with van der Waals surface area (Å²) in [5.41, 5.74) is 1.04. The maximum Gasteiger partial charge on any atom is 0.320 e. The van der Waals surface area contributed by atoms with E-state index in [1.807, 2.05) is 32.7 Å². The molecule has 0 aliphatic rings. The van der Waals surface area contributed by atoms with Gasteiger partial charge >= 0.3 is 5.97 Å². The van der Waals surface area contributed by atoms with Gasteiger partial charge in [0.05, 0.1) is 12.2 Å². The zero-order valence-electron chi connectivity index (χ0n) is 10.1. The molecule has 0 aliphatic heterocycles. The van der Waals surface area contributed by atoms with Crippen LogP contribution in [0.25, 0.3) is 0 Å². The SMILES string of the molecule is CCC(C(=O)O)N(C)Cc1nc(C)c(C)s1. The van der Waals surface area contributed by atoms with Gasteiger partial charge < -0.3 is 5.11 Å². The molecular weight excluding hydrogens is 224 g/mol. The van der Waals surface area contributed by atoms with Gasteiger partial charge in [-0.25, -0.2) is 4.98 Å². The van der Waals surface area contributed by atoms with E-state index in [4.69, 9.17) is 5.11 Å². The van der Waals surface area contributed by atoms with Crippen molar-refractivity contribution in [2.45, 2.75) is 39.8 Å². The van der Waals surface area contributed by atoms with Crippen LogP contribution in [0.1, 0.15) is 28.9 Å². The summed E-state index contributed by atoms with van der Waals surface area (Å²) in [7, 11) is 1.83. The average molecular weight is 242 g/mol. The Labute approximate surface area is 99.9 Å². The van der Waals surface area contributed by atoms with Gasteiger partial charge in [-0.05, 0) is 27.3 Å². The zero-order valence-corrected chi connectivity index (χ0v) is 11.0. The van der Waals surface area contributed by atoms with Crippen molar-refractivity contribution in [1.29, 1.82) is 0 Å². The lowest BCUT2D eigenvalue weighted by Crippen LogP contribution is -2.37. The van der Waals surface area contributed by atoms with Gasteiger partial charge in [-0.2, -0.15) is 0 Å². The predicted molar refractivity (Wildman–Crippen MR) is 64.8 cm³/mol. The third-order valence-electron chi connectivity index (χ3n) is 2.66. The number of aliphatic carboxylic acids is 1. The molecule has 0 fully saturated rings. The van der Waals surface area contributed by atoms with Gasteiger partial charge in [0.15, 0.2) is 0 Å². The molecule has 0 saturated heterocycles. The first kappa shape index (κ1) is 13.1. The quantitative estimate of drug-likeness (QED) is 0.858. The molecule has 0 aliphatic carbocycles. The summed E-state index contributed by atoms with van der Waals surface area (Å²) in [4.78, 5) is 18.4. The lowest BCUT2D eigenvalue weighted by Gasteiger charge is -2.22. The van der Waals surface area contributed by atoms with E-state index >= 15 is 0 Å². The monoisotopic (exact) mass is 242 g/mol. The molecule has 4 nitrogen and oxygen atoms in total. The molecular formula is C11H18N2O2S. The van der Waals surface area contributed by atoms with Crippen molar-refractivity contribution in [3.8, 4) is 0 Å². The fourth-order valence-corrected chi connectivity index (χ4v) is 2.60. The average Bonchev–Trinajstić information content (AvgIpc) is 2.45. The molecule has 0 amide bonds. The van der Waals surface area contributed by atoms with Gasteiger partial charge in [-0.3, -0.25) is 9.69 Å². The number of carboxylic acid groups (broad SMARTS) is 1. The van der Waals surface area contributed by atoms with Crippen LogP contribution in [0.5, 0.6) is 0 Å². The highest BCUT2D eigenvalue weighted by molar-refractivity contribution is 7.11. The largest absolute Gasteiger partial charge is 0.480 e. The summed E-state index contributed by atoms with van der Waals surface area (Å²) >= 11 is 1.64. The van der Waals surface area contributed by atoms with Crippen molar-refractivity contribution in [1.82, 2.24) is 9.88 Å². The van der Waals surface area contributed by atoms with E-state index in [9.17, 15) is 4.79 Å². The fourth-order valence-electron chi connectivity index (χ4n) is 1.61. The van der Waals surface area contributed by atoms with Crippen molar-refractivity contribution in [2.75, 3.05) is 7.05 Å². The molecule has 1 aromatic heterocycles. The summed E-state index contributed by atoms with van der Waals surface area (Å²) in [6.07, 6.45) is 0.606. The topological polar surface area (TPSA) is 53.4 Å². The standard InChI is InChI=1S/C11H18N2O2S/c1-5-9(11(14)15)13(4)6-10-12-7(2)8(3)16-10/h9H,5-6H2,1-4H3,(H,14,15). The molecule has 1 heterocycles. The van der Waals surface area contributed by atoms with E-state index in [0.29, 0.717) is 13.0 Å². The van der Waals surface area contributed by atoms with Crippen LogP contribution >= 0.6 is 11.3 Å². The van der Waals surface area contributed by atoms with Crippen molar-refractivity contribution < 1.29 is 9.90 Å². The Balaban J connectivity index is 2.69. The number of aryl methyl sites for hydroxylation is 2. The third-order valence-corrected chi connectivity index (χ3v) is 3.72. The van der Waals surface area contributed by atoms with Gasteiger partial charge in [0, 0.05) is 4.88 Å². The smallest absolute Gasteiger partial charge is 0.320 e. The summed E-state index contributed by atoms with van der Waals surface area (Å²) in [6, 6.07) is -0.426. The van der Waals surface area contributed by atoms with Crippen LogP contribution in [0.4, 0.5) is 0 Å². The van der Waals surface area contributed by atoms with Crippen LogP contribution in [0.3, 0.4) is 0 Å². The fraction of sp³-hybridized carbons (Fsp3) is 0.636. The van der Waals surface area contributed by atoms with Crippen molar-refractivity contribution >= 4 is 17.3 Å². The molecule has 1 aromatic rings. The number of likely N-dealkylation sites (N-methyl/N-ethyl adjacent to an activating group) is 1. The molecule has 0 spiro atoms. The highest BCUT2D eigenvalue weighted by Gasteiger charge is 2.21. The maximum atomic E-state index is 11.0. The van der Waals surface area contributed by atoms with Crippen LogP contribution < -0.4 is 0 Å². The summed E-state index contributed by atoms with van der Waals surface area (Å²) in [6.45, 7) is 6.49. The molecule has 16 heavy (non-hydrogen) atoms. The summed E-state index contributed by atoms with van der Waals surface area (Å²) in [5.74, 6) is -0.769. The number of carboxylic acids is 1. The second-order valence-electron chi connectivity index (χ2n) is 3.93. The van der Waals surface area contributed by atoms with E-state index in [1.54, 1.807) is 11.3 Å². The number of thiazole rings is 1. The van der Waals surface area contributed by atoms with Gasteiger partial charge in [0.2, 0.25) is 0 Å². The minimum absolute atomic E-state index is 0.426. The van der Waals surface area contributed by atoms with Crippen LogP contribution in [-0.4, -0.2) is 34.0 Å². The van der Waals surface area contributed by atoms with E-state index in [-0.39, 0.29) is 0 Å². The normalized spacial score (nSPS) is 13.1. The van der Waals surface area contributed by atoms with E-state index in [1.165, 1.54) is 4.88 Å². The Kier molecular flexibility index (Phi) is 4.44. The van der Waals surface area contributed by atoms with Crippen molar-refractivity contribution in [3.63, 3.8) is 0 Å². The second kappa shape index (κ2) is 5.41. The molecule has 1 unspecified atom stereocenters. The molecule has 0 saturated carbocycles. The predicted octanol–water partition coefficient (Wildman–Crippen LogP) is 2.05. The Hall–Kier alpha value is -0.940. The summed E-state index contributed by atoms with van der Waals surface area (Å²) in [5, 5.41) is 10.0. The molecule has 0 aromatic carbocycles. The van der Waals surface area contributed by atoms with Gasteiger partial charge in [0.1, 0.15) is 11.0 Å². The first-order chi connectivity index (χ1) is 7.45. The molecule has 90 valence electrons. The number of hydrogen-bond donors (Lipinski definition) is 1. The molecule has 1 rings (SSSR count). The first-order valence-electron chi connectivity index (χ1n) is 5.31. The number of aromatic nitrogens is 1. The number of rotatable bonds is 5. The van der Waals surface area contributed by atoms with Crippen molar-refractivity contribution in [2.24, 2.45) is 0 Å². The van der Waals surface area contributed by atoms with Crippen LogP contribution in [0.2, 0.25) is 0 Å². The van der Waals surface area contributed by atoms with E-state index < -0.39 is 12.0 Å². The lowest BCUT2D eigenvalue weighted by molar-refractivity contribution is -0.143. The van der Waals surface area contributed by atoms with Crippen LogP contribution in [0.15, 0.2) is 0 Å². The van der Waals surface area contributed by atoms with Crippen LogP contribution in [-0.2, 0) is 11.3 Å². The van der Waals surface area contributed by atoms with E-state index in [0.717, 1.165) is 10.7 Å². The molecule has 0 bridgehead atoms. The number of carbonyl (C=O) groups is 1. The van der Waals surface area contributed by atoms with Crippen molar-refractivity contribution in [3.05, 3.63) is 15.6 Å². The minimum Gasteiger partial charge on any atom is -0.480 e. The molecule has 1 atom stereocenters. The Bertz CT molecular complexity index is 357. The molecule has 1 N–H and O–H groups in total. The Morgan fingerprint density at radius 3 is 2.56 bits per heavy atom. The van der Waals surface area contributed by atoms with E-state index in [2.05, 4.69) is 4.98 Å². The Morgan fingerprint density at radius 1 is 1.56 bits per heavy atom. The highest BCUT2D eigenvalue weighted by atomic mass is 32.1. The third kappa shape index (κ3) is 3.02. The lowest BCUT2D eigenvalue weighted by atomic mass is 10.2. The number of nitrogens with zero attached hydrogens (tertiary/aromatic N) is 2. The highest BCUT2D eigenvalue weighted by Crippen LogP contribution is 2.18. The molecule has 0 radical (unpaired) electrons. The summed E-state index contributed by atoms with van der Waals surface area (Å²) < 4.78 is 0. The van der Waals surface area contributed by atoms with Gasteiger partial charge in [-0.15, -0.1) is 11.3 Å². The second-order valence-corrected chi connectivity index (χ2v) is 5.21. The van der Waals surface area contributed by atoms with Crippen LogP contribution in [0, 0.1) is 13.8 Å². The Morgan fingerprint density at radius 2 is 2.19 bits per heavy atom. The molecule has 5 heteroatoms. The zero-order chi connectivity index (χ0) is 12.3. The van der Waals surface area contributed by atoms with Gasteiger partial charge in [0.25, 0.3) is 0 Å². The minimum atomic E-state index is -0.769. The number of hydrogen-bond acceptors (Lipinski definition) is 4.